The standard InChI is InChI=1S/C11H24OSi/c1-5-8-10(4)11(7-3,12-13)9-6-2/h7,10H,3,5-6,8-9H2,1-2,4,13H3. The highest BCUT2D eigenvalue weighted by atomic mass is 28.2. The molecule has 13 heavy (non-hydrogen) atoms. The molecule has 0 rings (SSSR count). The second kappa shape index (κ2) is 6.38. The lowest BCUT2D eigenvalue weighted by atomic mass is 9.82. The summed E-state index contributed by atoms with van der Waals surface area (Å²) in [5.74, 6) is 0.604. The van der Waals surface area contributed by atoms with Crippen LogP contribution >= 0.6 is 0 Å². The summed E-state index contributed by atoms with van der Waals surface area (Å²) in [6, 6.07) is 0. The summed E-state index contributed by atoms with van der Waals surface area (Å²) < 4.78 is 5.76. The first-order valence-electron chi connectivity index (χ1n) is 5.35. The summed E-state index contributed by atoms with van der Waals surface area (Å²) in [5.41, 5.74) is -0.0308. The molecule has 2 atom stereocenters. The minimum absolute atomic E-state index is 0.0308. The molecule has 1 nitrogen and oxygen atoms in total. The maximum atomic E-state index is 5.76. The molecule has 0 amide bonds. The normalized spacial score (nSPS) is 18.1. The minimum Gasteiger partial charge on any atom is -0.419 e. The first-order valence-corrected chi connectivity index (χ1v) is 6.17. The van der Waals surface area contributed by atoms with Crippen molar-refractivity contribution < 1.29 is 4.43 Å². The van der Waals surface area contributed by atoms with Gasteiger partial charge >= 0.3 is 0 Å². The molecule has 0 bridgehead atoms. The van der Waals surface area contributed by atoms with E-state index in [0.717, 1.165) is 16.9 Å². The van der Waals surface area contributed by atoms with Crippen LogP contribution in [0.25, 0.3) is 0 Å². The van der Waals surface area contributed by atoms with Crippen LogP contribution in [0.15, 0.2) is 12.7 Å². The van der Waals surface area contributed by atoms with Crippen molar-refractivity contribution in [3.63, 3.8) is 0 Å². The lowest BCUT2D eigenvalue weighted by Crippen LogP contribution is -2.36. The molecule has 0 saturated carbocycles. The van der Waals surface area contributed by atoms with Gasteiger partial charge in [-0.3, -0.25) is 0 Å². The molecule has 0 radical (unpaired) electrons. The van der Waals surface area contributed by atoms with E-state index >= 15 is 0 Å². The van der Waals surface area contributed by atoms with Gasteiger partial charge in [0.2, 0.25) is 0 Å². The Hall–Kier alpha value is -0.0831. The van der Waals surface area contributed by atoms with Crippen LogP contribution in [0.5, 0.6) is 0 Å². The zero-order valence-electron chi connectivity index (χ0n) is 9.60. The molecule has 0 heterocycles. The van der Waals surface area contributed by atoms with E-state index in [9.17, 15) is 0 Å². The Balaban J connectivity index is 4.43. The van der Waals surface area contributed by atoms with Gasteiger partial charge in [-0.05, 0) is 18.8 Å². The molecular weight excluding hydrogens is 176 g/mol. The van der Waals surface area contributed by atoms with Crippen LogP contribution in [0.2, 0.25) is 0 Å². The average molecular weight is 200 g/mol. The van der Waals surface area contributed by atoms with Crippen LogP contribution in [-0.4, -0.2) is 16.1 Å². The van der Waals surface area contributed by atoms with Gasteiger partial charge < -0.3 is 4.43 Å². The van der Waals surface area contributed by atoms with Crippen molar-refractivity contribution in [3.05, 3.63) is 12.7 Å². The largest absolute Gasteiger partial charge is 0.419 e. The Morgan fingerprint density at radius 1 is 1.46 bits per heavy atom. The third kappa shape index (κ3) is 3.28. The average Bonchev–Trinajstić information content (AvgIpc) is 2.14. The minimum atomic E-state index is -0.0308. The molecule has 0 N–H and O–H groups in total. The van der Waals surface area contributed by atoms with E-state index in [1.807, 2.05) is 6.08 Å². The Labute approximate surface area is 86.1 Å². The molecule has 2 unspecified atom stereocenters. The summed E-state index contributed by atoms with van der Waals surface area (Å²) in [6.45, 7) is 10.6. The summed E-state index contributed by atoms with van der Waals surface area (Å²) in [7, 11) is 0.804. The van der Waals surface area contributed by atoms with Crippen LogP contribution < -0.4 is 0 Å². The van der Waals surface area contributed by atoms with Crippen LogP contribution in [0, 0.1) is 5.92 Å². The van der Waals surface area contributed by atoms with Crippen LogP contribution in [-0.2, 0) is 4.43 Å². The van der Waals surface area contributed by atoms with Crippen LogP contribution in [0.4, 0.5) is 0 Å². The summed E-state index contributed by atoms with van der Waals surface area (Å²) in [6.07, 6.45) is 6.76. The first-order chi connectivity index (χ1) is 6.16. The Bertz CT molecular complexity index is 147. The van der Waals surface area contributed by atoms with Crippen molar-refractivity contribution in [2.75, 3.05) is 0 Å². The van der Waals surface area contributed by atoms with E-state index in [4.69, 9.17) is 4.43 Å². The summed E-state index contributed by atoms with van der Waals surface area (Å²) in [5, 5.41) is 0. The van der Waals surface area contributed by atoms with E-state index in [-0.39, 0.29) is 5.60 Å². The quantitative estimate of drug-likeness (QED) is 0.453. The Morgan fingerprint density at radius 3 is 2.38 bits per heavy atom. The van der Waals surface area contributed by atoms with Crippen molar-refractivity contribution in [3.8, 4) is 0 Å². The predicted molar refractivity (Wildman–Crippen MR) is 62.9 cm³/mol. The molecule has 2 heteroatoms. The third-order valence-corrected chi connectivity index (χ3v) is 3.68. The zero-order chi connectivity index (χ0) is 10.3. The monoisotopic (exact) mass is 200 g/mol. The fraction of sp³-hybridized carbons (Fsp3) is 0.818. The fourth-order valence-electron chi connectivity index (χ4n) is 2.00. The topological polar surface area (TPSA) is 9.23 Å². The third-order valence-electron chi connectivity index (χ3n) is 2.92. The van der Waals surface area contributed by atoms with Crippen molar-refractivity contribution in [2.24, 2.45) is 5.92 Å². The van der Waals surface area contributed by atoms with E-state index in [1.165, 1.54) is 19.3 Å². The van der Waals surface area contributed by atoms with Gasteiger partial charge in [0.15, 0.2) is 0 Å². The van der Waals surface area contributed by atoms with Crippen LogP contribution in [0.1, 0.15) is 46.5 Å². The SMILES string of the molecule is C=CC(CCC)(O[SiH3])C(C)CCC. The molecule has 0 aromatic heterocycles. The maximum Gasteiger partial charge on any atom is 0.147 e. The molecule has 78 valence electrons. The van der Waals surface area contributed by atoms with Crippen molar-refractivity contribution in [2.45, 2.75) is 52.1 Å². The van der Waals surface area contributed by atoms with Gasteiger partial charge in [-0.1, -0.05) is 39.7 Å². The molecule has 0 saturated heterocycles. The van der Waals surface area contributed by atoms with E-state index in [0.29, 0.717) is 5.92 Å². The Morgan fingerprint density at radius 2 is 2.08 bits per heavy atom. The van der Waals surface area contributed by atoms with E-state index in [2.05, 4.69) is 27.4 Å². The second-order valence-corrected chi connectivity index (χ2v) is 4.21. The highest BCUT2D eigenvalue weighted by Gasteiger charge is 2.30. The van der Waals surface area contributed by atoms with Gasteiger partial charge in [0.25, 0.3) is 0 Å². The number of hydrogen-bond donors (Lipinski definition) is 0. The maximum absolute atomic E-state index is 5.76. The lowest BCUT2D eigenvalue weighted by molar-refractivity contribution is 0.0583. The first kappa shape index (κ1) is 12.9. The van der Waals surface area contributed by atoms with Gasteiger partial charge in [0.1, 0.15) is 10.5 Å². The van der Waals surface area contributed by atoms with Crippen molar-refractivity contribution in [1.82, 2.24) is 0 Å². The zero-order valence-corrected chi connectivity index (χ0v) is 11.6. The Kier molecular flexibility index (Phi) is 6.34. The second-order valence-electron chi connectivity index (χ2n) is 3.80. The number of hydrogen-bond acceptors (Lipinski definition) is 1. The van der Waals surface area contributed by atoms with Gasteiger partial charge in [0, 0.05) is 0 Å². The van der Waals surface area contributed by atoms with Gasteiger partial charge in [-0.15, -0.1) is 6.58 Å². The van der Waals surface area contributed by atoms with Crippen molar-refractivity contribution in [1.29, 1.82) is 0 Å². The summed E-state index contributed by atoms with van der Waals surface area (Å²) in [4.78, 5) is 0. The van der Waals surface area contributed by atoms with E-state index < -0.39 is 0 Å². The van der Waals surface area contributed by atoms with Gasteiger partial charge in [-0.2, -0.15) is 0 Å². The highest BCUT2D eigenvalue weighted by Crippen LogP contribution is 2.30. The van der Waals surface area contributed by atoms with Gasteiger partial charge in [-0.25, -0.2) is 0 Å². The molecule has 0 aliphatic heterocycles. The molecule has 0 fully saturated rings. The highest BCUT2D eigenvalue weighted by molar-refractivity contribution is 5.98. The molecule has 0 aliphatic carbocycles. The number of rotatable bonds is 7. The summed E-state index contributed by atoms with van der Waals surface area (Å²) >= 11 is 0. The molecule has 0 aromatic rings. The molecule has 0 aromatic carbocycles. The van der Waals surface area contributed by atoms with Gasteiger partial charge in [0.05, 0.1) is 5.60 Å². The smallest absolute Gasteiger partial charge is 0.147 e. The van der Waals surface area contributed by atoms with Crippen LogP contribution in [0.3, 0.4) is 0 Å². The van der Waals surface area contributed by atoms with Crippen molar-refractivity contribution >= 4 is 10.5 Å². The molecule has 0 spiro atoms. The predicted octanol–water partition coefficient (Wildman–Crippen LogP) is 2.44. The molecule has 0 aliphatic rings. The fourth-order valence-corrected chi connectivity index (χ4v) is 2.78. The van der Waals surface area contributed by atoms with E-state index in [1.54, 1.807) is 0 Å². The lowest BCUT2D eigenvalue weighted by Gasteiger charge is -2.36. The molecular formula is C11H24OSi.